The van der Waals surface area contributed by atoms with Crippen LogP contribution >= 0.6 is 0 Å². The maximum Gasteiger partial charge on any atom is 0.278 e. The van der Waals surface area contributed by atoms with E-state index in [-0.39, 0.29) is 5.75 Å². The molecular formula is C8H6FO3-. The summed E-state index contributed by atoms with van der Waals surface area (Å²) in [5, 5.41) is 9.89. The van der Waals surface area contributed by atoms with Gasteiger partial charge in [0, 0.05) is 0 Å². The number of hydrogen-bond donors (Lipinski definition) is 0. The summed E-state index contributed by atoms with van der Waals surface area (Å²) in [4.78, 5) is 9.89. The Morgan fingerprint density at radius 1 is 1.42 bits per heavy atom. The van der Waals surface area contributed by atoms with E-state index in [1.165, 1.54) is 12.1 Å². The molecule has 0 saturated carbocycles. The molecule has 64 valence electrons. The summed E-state index contributed by atoms with van der Waals surface area (Å²) in [5.74, 6) is -1.71. The van der Waals surface area contributed by atoms with Crippen LogP contribution in [0.3, 0.4) is 0 Å². The van der Waals surface area contributed by atoms with Gasteiger partial charge in [0.25, 0.3) is 6.36 Å². The molecular weight excluding hydrogens is 163 g/mol. The van der Waals surface area contributed by atoms with Gasteiger partial charge in [0.15, 0.2) is 0 Å². The van der Waals surface area contributed by atoms with Crippen molar-refractivity contribution >= 4 is 5.97 Å². The third kappa shape index (κ3) is 2.23. The molecule has 1 aromatic rings. The van der Waals surface area contributed by atoms with Crippen LogP contribution in [0, 0.1) is 0 Å². The Morgan fingerprint density at radius 2 is 2.00 bits per heavy atom. The zero-order valence-corrected chi connectivity index (χ0v) is 6.07. The molecule has 0 aliphatic heterocycles. The molecule has 0 fully saturated rings. The standard InChI is InChI=1S/C8H7FO3/c9-7(8(10)11)12-6-4-2-1-3-5-6/h1-5,7H,(H,10,11)/p-1. The van der Waals surface area contributed by atoms with E-state index in [1.54, 1.807) is 18.2 Å². The van der Waals surface area contributed by atoms with E-state index in [9.17, 15) is 14.3 Å². The topological polar surface area (TPSA) is 49.4 Å². The van der Waals surface area contributed by atoms with Crippen LogP contribution in [0.1, 0.15) is 0 Å². The van der Waals surface area contributed by atoms with E-state index < -0.39 is 12.3 Å². The van der Waals surface area contributed by atoms with Crippen molar-refractivity contribution in [2.45, 2.75) is 6.36 Å². The largest absolute Gasteiger partial charge is 0.543 e. The van der Waals surface area contributed by atoms with Crippen LogP contribution in [0.4, 0.5) is 4.39 Å². The second-order valence-corrected chi connectivity index (χ2v) is 2.07. The van der Waals surface area contributed by atoms with Gasteiger partial charge >= 0.3 is 0 Å². The Bertz CT molecular complexity index is 260. The minimum atomic E-state index is -2.41. The number of carbonyl (C=O) groups excluding carboxylic acids is 1. The fourth-order valence-corrected chi connectivity index (χ4v) is 0.667. The first-order valence-electron chi connectivity index (χ1n) is 3.27. The fraction of sp³-hybridized carbons (Fsp3) is 0.125. The molecule has 12 heavy (non-hydrogen) atoms. The van der Waals surface area contributed by atoms with Crippen molar-refractivity contribution in [1.29, 1.82) is 0 Å². The average Bonchev–Trinajstić information content (AvgIpc) is 2.06. The number of carbonyl (C=O) groups is 1. The molecule has 1 unspecified atom stereocenters. The number of aliphatic carboxylic acids is 1. The van der Waals surface area contributed by atoms with Crippen molar-refractivity contribution in [3.8, 4) is 5.75 Å². The molecule has 1 aromatic carbocycles. The van der Waals surface area contributed by atoms with Gasteiger partial charge in [-0.15, -0.1) is 0 Å². The van der Waals surface area contributed by atoms with Crippen LogP contribution in [-0.4, -0.2) is 12.3 Å². The van der Waals surface area contributed by atoms with Gasteiger partial charge in [-0.25, -0.2) is 0 Å². The number of alkyl halides is 1. The molecule has 1 atom stereocenters. The number of ether oxygens (including phenoxy) is 1. The number of rotatable bonds is 3. The molecule has 0 aliphatic carbocycles. The predicted octanol–water partition coefficient (Wildman–Crippen LogP) is 0.111. The van der Waals surface area contributed by atoms with Crippen LogP contribution < -0.4 is 9.84 Å². The number of hydrogen-bond acceptors (Lipinski definition) is 3. The minimum Gasteiger partial charge on any atom is -0.543 e. The maximum atomic E-state index is 12.3. The molecule has 0 saturated heterocycles. The quantitative estimate of drug-likeness (QED) is 0.645. The van der Waals surface area contributed by atoms with E-state index in [2.05, 4.69) is 4.74 Å². The van der Waals surface area contributed by atoms with Gasteiger partial charge < -0.3 is 14.6 Å². The number of benzene rings is 1. The molecule has 0 heterocycles. The predicted molar refractivity (Wildman–Crippen MR) is 37.0 cm³/mol. The molecule has 0 radical (unpaired) electrons. The number of halogens is 1. The monoisotopic (exact) mass is 169 g/mol. The Kier molecular flexibility index (Phi) is 2.63. The number of carboxylic acid groups (broad SMARTS) is 1. The van der Waals surface area contributed by atoms with Crippen LogP contribution in [0.15, 0.2) is 30.3 Å². The van der Waals surface area contributed by atoms with E-state index in [0.717, 1.165) is 0 Å². The SMILES string of the molecule is O=C([O-])C(F)Oc1ccccc1. The molecule has 0 spiro atoms. The van der Waals surface area contributed by atoms with Crippen molar-refractivity contribution in [2.24, 2.45) is 0 Å². The van der Waals surface area contributed by atoms with Gasteiger partial charge in [-0.1, -0.05) is 18.2 Å². The van der Waals surface area contributed by atoms with Gasteiger partial charge in [0.2, 0.25) is 0 Å². The highest BCUT2D eigenvalue weighted by molar-refractivity contribution is 5.68. The van der Waals surface area contributed by atoms with Crippen molar-refractivity contribution < 1.29 is 19.0 Å². The first-order chi connectivity index (χ1) is 5.70. The molecule has 0 amide bonds. The van der Waals surface area contributed by atoms with Crippen LogP contribution in [-0.2, 0) is 4.79 Å². The summed E-state index contributed by atoms with van der Waals surface area (Å²) < 4.78 is 16.7. The lowest BCUT2D eigenvalue weighted by atomic mass is 10.3. The summed E-state index contributed by atoms with van der Waals surface area (Å²) in [6.45, 7) is 0. The summed E-state index contributed by atoms with van der Waals surface area (Å²) in [7, 11) is 0. The third-order valence-electron chi connectivity index (χ3n) is 1.17. The van der Waals surface area contributed by atoms with Gasteiger partial charge in [-0.2, -0.15) is 4.39 Å². The smallest absolute Gasteiger partial charge is 0.278 e. The number of para-hydroxylation sites is 1. The summed E-state index contributed by atoms with van der Waals surface area (Å²) >= 11 is 0. The van der Waals surface area contributed by atoms with Crippen molar-refractivity contribution in [3.05, 3.63) is 30.3 Å². The van der Waals surface area contributed by atoms with Crippen LogP contribution in [0.25, 0.3) is 0 Å². The first kappa shape index (κ1) is 8.52. The Morgan fingerprint density at radius 3 is 2.50 bits per heavy atom. The zero-order valence-electron chi connectivity index (χ0n) is 6.07. The molecule has 1 rings (SSSR count). The lowest BCUT2D eigenvalue weighted by Gasteiger charge is -2.10. The lowest BCUT2D eigenvalue weighted by molar-refractivity contribution is -0.320. The average molecular weight is 169 g/mol. The van der Waals surface area contributed by atoms with Crippen molar-refractivity contribution in [1.82, 2.24) is 0 Å². The Labute approximate surface area is 68.4 Å². The highest BCUT2D eigenvalue weighted by atomic mass is 19.1. The lowest BCUT2D eigenvalue weighted by Crippen LogP contribution is -2.36. The molecule has 0 aromatic heterocycles. The highest BCUT2D eigenvalue weighted by Crippen LogP contribution is 2.10. The van der Waals surface area contributed by atoms with E-state index >= 15 is 0 Å². The maximum absolute atomic E-state index is 12.3. The zero-order chi connectivity index (χ0) is 8.97. The van der Waals surface area contributed by atoms with Crippen LogP contribution in [0.2, 0.25) is 0 Å². The van der Waals surface area contributed by atoms with Gasteiger partial charge in [-0.3, -0.25) is 0 Å². The Balaban J connectivity index is 2.58. The summed E-state index contributed by atoms with van der Waals surface area (Å²) in [5.41, 5.74) is 0. The molecule has 0 bridgehead atoms. The molecule has 3 nitrogen and oxygen atoms in total. The first-order valence-corrected chi connectivity index (χ1v) is 3.27. The highest BCUT2D eigenvalue weighted by Gasteiger charge is 2.07. The normalized spacial score (nSPS) is 12.1. The second-order valence-electron chi connectivity index (χ2n) is 2.07. The fourth-order valence-electron chi connectivity index (χ4n) is 0.667. The van der Waals surface area contributed by atoms with Gasteiger partial charge in [-0.05, 0) is 12.1 Å². The second kappa shape index (κ2) is 3.71. The van der Waals surface area contributed by atoms with Gasteiger partial charge in [0.1, 0.15) is 11.7 Å². The van der Waals surface area contributed by atoms with E-state index in [1.807, 2.05) is 0 Å². The number of carboxylic acids is 1. The summed E-state index contributed by atoms with van der Waals surface area (Å²) in [6, 6.07) is 7.83. The van der Waals surface area contributed by atoms with Crippen molar-refractivity contribution in [2.75, 3.05) is 0 Å². The molecule has 4 heteroatoms. The third-order valence-corrected chi connectivity index (χ3v) is 1.17. The minimum absolute atomic E-state index is 0.161. The summed E-state index contributed by atoms with van der Waals surface area (Å²) in [6.07, 6.45) is -2.41. The van der Waals surface area contributed by atoms with E-state index in [4.69, 9.17) is 0 Å². The van der Waals surface area contributed by atoms with Crippen molar-refractivity contribution in [3.63, 3.8) is 0 Å². The van der Waals surface area contributed by atoms with Crippen LogP contribution in [0.5, 0.6) is 5.75 Å². The van der Waals surface area contributed by atoms with Gasteiger partial charge in [0.05, 0.1) is 0 Å². The Hall–Kier alpha value is -1.58. The molecule has 0 N–H and O–H groups in total. The molecule has 0 aliphatic rings. The van der Waals surface area contributed by atoms with E-state index in [0.29, 0.717) is 0 Å².